The molecule has 1 aliphatic heterocycles. The highest BCUT2D eigenvalue weighted by Crippen LogP contribution is 2.26. The zero-order valence-electron chi connectivity index (χ0n) is 12.8. The third-order valence-electron chi connectivity index (χ3n) is 4.22. The van der Waals surface area contributed by atoms with Gasteiger partial charge in [-0.1, -0.05) is 18.2 Å². The summed E-state index contributed by atoms with van der Waals surface area (Å²) in [5.74, 6) is 1.06. The number of likely N-dealkylation sites (tertiary alicyclic amines) is 1. The minimum absolute atomic E-state index is 0.162. The lowest BCUT2D eigenvalue weighted by Gasteiger charge is -2.25. The molecule has 1 fully saturated rings. The van der Waals surface area contributed by atoms with Crippen LogP contribution in [0.5, 0.6) is 5.75 Å². The summed E-state index contributed by atoms with van der Waals surface area (Å²) in [7, 11) is 1.69. The Balaban J connectivity index is 1.69. The van der Waals surface area contributed by atoms with Crippen molar-refractivity contribution in [3.8, 4) is 5.75 Å². The zero-order valence-corrected chi connectivity index (χ0v) is 12.8. The maximum atomic E-state index is 12.5. The van der Waals surface area contributed by atoms with E-state index < -0.39 is 0 Å². The Morgan fingerprint density at radius 1 is 1.41 bits per heavy atom. The number of methoxy groups -OCH3 is 1. The van der Waals surface area contributed by atoms with Crippen LogP contribution in [-0.4, -0.2) is 40.1 Å². The molecule has 0 bridgehead atoms. The van der Waals surface area contributed by atoms with Crippen LogP contribution >= 0.6 is 0 Å². The Morgan fingerprint density at radius 2 is 2.27 bits per heavy atom. The Hall–Kier alpha value is -2.30. The summed E-state index contributed by atoms with van der Waals surface area (Å²) in [6.45, 7) is 1.20. The lowest BCUT2D eigenvalue weighted by Crippen LogP contribution is -2.38. The van der Waals surface area contributed by atoms with E-state index in [9.17, 15) is 4.79 Å². The fourth-order valence-corrected chi connectivity index (χ4v) is 3.13. The average molecular weight is 299 g/mol. The summed E-state index contributed by atoms with van der Waals surface area (Å²) < 4.78 is 7.24. The number of carbonyl (C=O) groups is 1. The van der Waals surface area contributed by atoms with Crippen LogP contribution in [0.15, 0.2) is 43.0 Å². The normalized spacial score (nSPS) is 17.7. The van der Waals surface area contributed by atoms with Gasteiger partial charge in [-0.2, -0.15) is 0 Å². The van der Waals surface area contributed by atoms with Crippen LogP contribution in [-0.2, 0) is 17.8 Å². The molecule has 116 valence electrons. The molecule has 1 aliphatic rings. The zero-order chi connectivity index (χ0) is 15.4. The average Bonchev–Trinajstić information content (AvgIpc) is 3.19. The molecule has 0 radical (unpaired) electrons. The molecular weight excluding hydrogens is 278 g/mol. The van der Waals surface area contributed by atoms with E-state index in [1.807, 2.05) is 33.9 Å². The number of imidazole rings is 1. The molecule has 3 rings (SSSR count). The molecule has 1 amide bonds. The first-order chi connectivity index (χ1) is 10.8. The summed E-state index contributed by atoms with van der Waals surface area (Å²) in [5, 5.41) is 0. The second-order valence-corrected chi connectivity index (χ2v) is 5.63. The molecule has 5 heteroatoms. The van der Waals surface area contributed by atoms with Crippen molar-refractivity contribution in [1.82, 2.24) is 14.5 Å². The lowest BCUT2D eigenvalue weighted by molar-refractivity contribution is -0.132. The van der Waals surface area contributed by atoms with Gasteiger partial charge < -0.3 is 14.2 Å². The molecule has 1 aromatic carbocycles. The van der Waals surface area contributed by atoms with Crippen molar-refractivity contribution in [3.05, 3.63) is 48.5 Å². The summed E-state index contributed by atoms with van der Waals surface area (Å²) in [4.78, 5) is 18.5. The maximum Gasteiger partial charge on any atom is 0.242 e. The Labute approximate surface area is 130 Å². The van der Waals surface area contributed by atoms with E-state index in [0.717, 1.165) is 37.1 Å². The third-order valence-corrected chi connectivity index (χ3v) is 4.22. The number of para-hydroxylation sites is 1. The van der Waals surface area contributed by atoms with Crippen molar-refractivity contribution in [3.63, 3.8) is 0 Å². The predicted molar refractivity (Wildman–Crippen MR) is 83.7 cm³/mol. The molecular formula is C17H21N3O2. The van der Waals surface area contributed by atoms with Gasteiger partial charge in [0.25, 0.3) is 0 Å². The molecule has 2 heterocycles. The van der Waals surface area contributed by atoms with Crippen LogP contribution in [0.1, 0.15) is 18.4 Å². The number of hydrogen-bond donors (Lipinski definition) is 0. The molecule has 0 spiro atoms. The fraction of sp³-hybridized carbons (Fsp3) is 0.412. The second kappa shape index (κ2) is 6.64. The van der Waals surface area contributed by atoms with E-state index in [1.54, 1.807) is 19.6 Å². The third kappa shape index (κ3) is 3.13. The van der Waals surface area contributed by atoms with Gasteiger partial charge in [-0.25, -0.2) is 4.98 Å². The first-order valence-corrected chi connectivity index (χ1v) is 7.65. The van der Waals surface area contributed by atoms with Gasteiger partial charge >= 0.3 is 0 Å². The number of rotatable bonds is 5. The number of hydrogen-bond acceptors (Lipinski definition) is 3. The molecule has 0 aliphatic carbocycles. The predicted octanol–water partition coefficient (Wildman–Crippen LogP) is 2.13. The quantitative estimate of drug-likeness (QED) is 0.849. The number of ether oxygens (including phenoxy) is 1. The summed E-state index contributed by atoms with van der Waals surface area (Å²) >= 11 is 0. The number of benzene rings is 1. The fourth-order valence-electron chi connectivity index (χ4n) is 3.13. The highest BCUT2D eigenvalue weighted by molar-refractivity contribution is 5.76. The van der Waals surface area contributed by atoms with Crippen molar-refractivity contribution >= 4 is 5.91 Å². The largest absolute Gasteiger partial charge is 0.496 e. The molecule has 1 aromatic heterocycles. The van der Waals surface area contributed by atoms with Crippen LogP contribution in [0, 0.1) is 0 Å². The van der Waals surface area contributed by atoms with Gasteiger partial charge in [0, 0.05) is 25.0 Å². The monoisotopic (exact) mass is 299 g/mol. The van der Waals surface area contributed by atoms with Crippen LogP contribution in [0.2, 0.25) is 0 Å². The lowest BCUT2D eigenvalue weighted by atomic mass is 10.0. The van der Waals surface area contributed by atoms with E-state index in [-0.39, 0.29) is 11.9 Å². The maximum absolute atomic E-state index is 12.5. The Kier molecular flexibility index (Phi) is 4.42. The minimum Gasteiger partial charge on any atom is -0.496 e. The second-order valence-electron chi connectivity index (χ2n) is 5.63. The van der Waals surface area contributed by atoms with Crippen molar-refractivity contribution < 1.29 is 9.53 Å². The molecule has 1 saturated heterocycles. The molecule has 5 nitrogen and oxygen atoms in total. The van der Waals surface area contributed by atoms with E-state index in [2.05, 4.69) is 11.1 Å². The highest BCUT2D eigenvalue weighted by Gasteiger charge is 2.29. The molecule has 1 atom stereocenters. The summed E-state index contributed by atoms with van der Waals surface area (Å²) in [6, 6.07) is 8.30. The topological polar surface area (TPSA) is 47.4 Å². The standard InChI is InChI=1S/C17H21N3O2/c1-22-16-7-3-2-5-14(16)11-15-6-4-9-20(15)17(21)12-19-10-8-18-13-19/h2-3,5,7-8,10,13,15H,4,6,9,11-12H2,1H3. The number of nitrogens with zero attached hydrogens (tertiary/aromatic N) is 3. The molecule has 0 saturated carbocycles. The highest BCUT2D eigenvalue weighted by atomic mass is 16.5. The molecule has 0 N–H and O–H groups in total. The van der Waals surface area contributed by atoms with Crippen molar-refractivity contribution in [2.75, 3.05) is 13.7 Å². The molecule has 2 aromatic rings. The van der Waals surface area contributed by atoms with Crippen molar-refractivity contribution in [2.45, 2.75) is 31.8 Å². The van der Waals surface area contributed by atoms with Gasteiger partial charge in [0.15, 0.2) is 0 Å². The van der Waals surface area contributed by atoms with Crippen molar-refractivity contribution in [2.24, 2.45) is 0 Å². The van der Waals surface area contributed by atoms with Crippen LogP contribution in [0.3, 0.4) is 0 Å². The SMILES string of the molecule is COc1ccccc1CC1CCCN1C(=O)Cn1ccnc1. The molecule has 1 unspecified atom stereocenters. The van der Waals surface area contributed by atoms with Crippen LogP contribution in [0.25, 0.3) is 0 Å². The van der Waals surface area contributed by atoms with Gasteiger partial charge in [0.05, 0.1) is 13.4 Å². The van der Waals surface area contributed by atoms with E-state index >= 15 is 0 Å². The summed E-state index contributed by atoms with van der Waals surface area (Å²) in [5.41, 5.74) is 1.16. The van der Waals surface area contributed by atoms with Crippen molar-refractivity contribution in [1.29, 1.82) is 0 Å². The first-order valence-electron chi connectivity index (χ1n) is 7.65. The van der Waals surface area contributed by atoms with Gasteiger partial charge in [-0.3, -0.25) is 4.79 Å². The van der Waals surface area contributed by atoms with Crippen LogP contribution < -0.4 is 4.74 Å². The number of aromatic nitrogens is 2. The van der Waals surface area contributed by atoms with Crippen LogP contribution in [0.4, 0.5) is 0 Å². The Morgan fingerprint density at radius 3 is 3.05 bits per heavy atom. The summed E-state index contributed by atoms with van der Waals surface area (Å²) in [6.07, 6.45) is 8.17. The van der Waals surface area contributed by atoms with Gasteiger partial charge in [0.1, 0.15) is 12.3 Å². The van der Waals surface area contributed by atoms with E-state index in [0.29, 0.717) is 6.54 Å². The number of carbonyl (C=O) groups excluding carboxylic acids is 1. The number of amides is 1. The first kappa shape index (κ1) is 14.6. The van der Waals surface area contributed by atoms with E-state index in [1.165, 1.54) is 0 Å². The molecule has 22 heavy (non-hydrogen) atoms. The minimum atomic E-state index is 0.162. The van der Waals surface area contributed by atoms with Gasteiger partial charge in [-0.05, 0) is 30.9 Å². The van der Waals surface area contributed by atoms with E-state index in [4.69, 9.17) is 4.74 Å². The smallest absolute Gasteiger partial charge is 0.242 e. The van der Waals surface area contributed by atoms with Gasteiger partial charge in [0.2, 0.25) is 5.91 Å². The Bertz CT molecular complexity index is 625. The van der Waals surface area contributed by atoms with Gasteiger partial charge in [-0.15, -0.1) is 0 Å².